The molecule has 5 heteroatoms. The summed E-state index contributed by atoms with van der Waals surface area (Å²) < 4.78 is 17.8. The van der Waals surface area contributed by atoms with Crippen LogP contribution in [-0.4, -0.2) is 15.6 Å². The summed E-state index contributed by atoms with van der Waals surface area (Å²) in [5.74, 6) is 0.267. The van der Waals surface area contributed by atoms with Crippen molar-refractivity contribution >= 4 is 7.60 Å². The zero-order chi connectivity index (χ0) is 19.1. The Morgan fingerprint density at radius 1 is 0.917 bits per heavy atom. The smallest absolute Gasteiger partial charge is 0.332 e. The van der Waals surface area contributed by atoms with E-state index in [-0.39, 0.29) is 22.7 Å². The van der Waals surface area contributed by atoms with Crippen molar-refractivity contribution in [1.29, 1.82) is 0 Å². The van der Waals surface area contributed by atoms with Crippen molar-refractivity contribution in [3.05, 3.63) is 28.8 Å². The number of rotatable bonds is 3. The standard InChI is InChI=1S/C19H33O4P/c1-17(2,3)14-10-13(11-15(16(14)20)18(4,5)6)12-24(21,22)23-19(7,8)9/h10-11,20H,12H2,1-9H3,(H,21,22). The molecule has 1 aromatic rings. The van der Waals surface area contributed by atoms with Gasteiger partial charge in [0.25, 0.3) is 0 Å². The Bertz CT molecular complexity index is 608. The lowest BCUT2D eigenvalue weighted by atomic mass is 9.78. The number of hydrogen-bond donors (Lipinski definition) is 2. The Hall–Kier alpha value is -0.830. The quantitative estimate of drug-likeness (QED) is 0.703. The second kappa shape index (κ2) is 6.48. The largest absolute Gasteiger partial charge is 0.507 e. The minimum atomic E-state index is -3.78. The molecule has 138 valence electrons. The molecule has 2 N–H and O–H groups in total. The van der Waals surface area contributed by atoms with Gasteiger partial charge in [0.05, 0.1) is 11.8 Å². The number of benzene rings is 1. The fourth-order valence-electron chi connectivity index (χ4n) is 2.62. The first kappa shape index (κ1) is 21.2. The van der Waals surface area contributed by atoms with Crippen molar-refractivity contribution in [2.24, 2.45) is 0 Å². The Kier molecular flexibility index (Phi) is 5.72. The van der Waals surface area contributed by atoms with Crippen molar-refractivity contribution in [3.8, 4) is 5.75 Å². The van der Waals surface area contributed by atoms with Gasteiger partial charge in [0.15, 0.2) is 0 Å². The van der Waals surface area contributed by atoms with E-state index in [0.717, 1.165) is 11.1 Å². The van der Waals surface area contributed by atoms with Gasteiger partial charge in [0, 0.05) is 0 Å². The maximum Gasteiger partial charge on any atom is 0.332 e. The summed E-state index contributed by atoms with van der Waals surface area (Å²) >= 11 is 0. The van der Waals surface area contributed by atoms with Crippen LogP contribution < -0.4 is 0 Å². The van der Waals surface area contributed by atoms with E-state index in [4.69, 9.17) is 4.52 Å². The molecule has 24 heavy (non-hydrogen) atoms. The molecule has 0 fully saturated rings. The maximum absolute atomic E-state index is 12.5. The van der Waals surface area contributed by atoms with Crippen molar-refractivity contribution < 1.29 is 19.1 Å². The monoisotopic (exact) mass is 356 g/mol. The van der Waals surface area contributed by atoms with Gasteiger partial charge in [-0.3, -0.25) is 4.57 Å². The zero-order valence-corrected chi connectivity index (χ0v) is 17.4. The SMILES string of the molecule is CC(C)(C)OP(=O)(O)Cc1cc(C(C)(C)C)c(O)c(C(C)(C)C)c1. The van der Waals surface area contributed by atoms with Gasteiger partial charge in [-0.15, -0.1) is 0 Å². The van der Waals surface area contributed by atoms with Crippen LogP contribution in [0.2, 0.25) is 0 Å². The zero-order valence-electron chi connectivity index (χ0n) is 16.5. The lowest BCUT2D eigenvalue weighted by Gasteiger charge is -2.29. The Morgan fingerprint density at radius 2 is 1.29 bits per heavy atom. The third kappa shape index (κ3) is 5.91. The first-order valence-corrected chi connectivity index (χ1v) is 10.1. The molecule has 0 saturated carbocycles. The fourth-order valence-corrected chi connectivity index (χ4v) is 4.18. The molecule has 4 nitrogen and oxygen atoms in total. The van der Waals surface area contributed by atoms with E-state index in [9.17, 15) is 14.6 Å². The number of phenols is 1. The number of aromatic hydroxyl groups is 1. The van der Waals surface area contributed by atoms with E-state index in [1.807, 2.05) is 53.7 Å². The van der Waals surface area contributed by atoms with Crippen molar-refractivity contribution in [2.75, 3.05) is 0 Å². The highest BCUT2D eigenvalue weighted by Gasteiger charge is 2.31. The fraction of sp³-hybridized carbons (Fsp3) is 0.684. The topological polar surface area (TPSA) is 66.8 Å². The average molecular weight is 356 g/mol. The molecule has 0 amide bonds. The molecule has 0 bridgehead atoms. The van der Waals surface area contributed by atoms with Gasteiger partial charge in [-0.05, 0) is 48.3 Å². The van der Waals surface area contributed by atoms with E-state index < -0.39 is 13.2 Å². The number of hydrogen-bond acceptors (Lipinski definition) is 3. The first-order valence-electron chi connectivity index (χ1n) is 8.32. The second-order valence-corrected chi connectivity index (χ2v) is 11.3. The first-order chi connectivity index (χ1) is 10.4. The molecular weight excluding hydrogens is 323 g/mol. The lowest BCUT2D eigenvalue weighted by Crippen LogP contribution is -2.19. The van der Waals surface area contributed by atoms with Crippen LogP contribution in [0.5, 0.6) is 5.75 Å². The minimum Gasteiger partial charge on any atom is -0.507 e. The minimum absolute atomic E-state index is 0.0727. The predicted octanol–water partition coefficient (Wildman–Crippen LogP) is 5.49. The van der Waals surface area contributed by atoms with Gasteiger partial charge < -0.3 is 14.5 Å². The summed E-state index contributed by atoms with van der Waals surface area (Å²) in [7, 11) is -3.78. The van der Waals surface area contributed by atoms with E-state index >= 15 is 0 Å². The summed E-state index contributed by atoms with van der Waals surface area (Å²) in [4.78, 5) is 10.2. The van der Waals surface area contributed by atoms with Crippen LogP contribution >= 0.6 is 7.60 Å². The normalized spacial score (nSPS) is 16.1. The third-order valence-electron chi connectivity index (χ3n) is 3.58. The lowest BCUT2D eigenvalue weighted by molar-refractivity contribution is 0.111. The molecule has 0 aliphatic rings. The van der Waals surface area contributed by atoms with Gasteiger partial charge in [0.2, 0.25) is 0 Å². The predicted molar refractivity (Wildman–Crippen MR) is 99.9 cm³/mol. The van der Waals surface area contributed by atoms with Crippen molar-refractivity contribution in [1.82, 2.24) is 0 Å². The highest BCUT2D eigenvalue weighted by molar-refractivity contribution is 7.52. The van der Waals surface area contributed by atoms with Gasteiger partial charge in [-0.2, -0.15) is 0 Å². The highest BCUT2D eigenvalue weighted by atomic mass is 31.2. The highest BCUT2D eigenvalue weighted by Crippen LogP contribution is 2.50. The van der Waals surface area contributed by atoms with E-state index in [0.29, 0.717) is 5.56 Å². The summed E-state index contributed by atoms with van der Waals surface area (Å²) in [5.41, 5.74) is 1.02. The Morgan fingerprint density at radius 3 is 1.58 bits per heavy atom. The Balaban J connectivity index is 3.43. The molecule has 0 radical (unpaired) electrons. The summed E-state index contributed by atoms with van der Waals surface area (Å²) in [6.07, 6.45) is -0.0727. The van der Waals surface area contributed by atoms with E-state index in [1.54, 1.807) is 20.8 Å². The number of phenolic OH excluding ortho intramolecular Hbond substituents is 1. The van der Waals surface area contributed by atoms with E-state index in [1.165, 1.54) is 0 Å². The van der Waals surface area contributed by atoms with Gasteiger partial charge in [-0.1, -0.05) is 53.7 Å². The summed E-state index contributed by atoms with van der Waals surface area (Å²) in [6.45, 7) is 17.4. The molecule has 1 atom stereocenters. The average Bonchev–Trinajstić information content (AvgIpc) is 2.24. The van der Waals surface area contributed by atoms with Crippen LogP contribution in [0, 0.1) is 0 Å². The van der Waals surface area contributed by atoms with Crippen LogP contribution in [0.4, 0.5) is 0 Å². The van der Waals surface area contributed by atoms with Gasteiger partial charge in [0.1, 0.15) is 5.75 Å². The molecule has 0 spiro atoms. The van der Waals surface area contributed by atoms with E-state index in [2.05, 4.69) is 0 Å². The summed E-state index contributed by atoms with van der Waals surface area (Å²) in [6, 6.07) is 3.64. The van der Waals surface area contributed by atoms with Crippen LogP contribution in [0.15, 0.2) is 12.1 Å². The molecule has 0 aliphatic carbocycles. The second-order valence-electron chi connectivity index (χ2n) is 9.54. The van der Waals surface area contributed by atoms with Crippen molar-refractivity contribution in [3.63, 3.8) is 0 Å². The molecular formula is C19H33O4P. The molecule has 0 aliphatic heterocycles. The van der Waals surface area contributed by atoms with Gasteiger partial charge >= 0.3 is 7.60 Å². The molecule has 1 unspecified atom stereocenters. The van der Waals surface area contributed by atoms with Crippen LogP contribution in [0.3, 0.4) is 0 Å². The van der Waals surface area contributed by atoms with Crippen LogP contribution in [-0.2, 0) is 26.1 Å². The van der Waals surface area contributed by atoms with Crippen LogP contribution in [0.1, 0.15) is 79.0 Å². The molecule has 0 aromatic heterocycles. The van der Waals surface area contributed by atoms with Gasteiger partial charge in [-0.25, -0.2) is 0 Å². The molecule has 1 rings (SSSR count). The molecule has 0 heterocycles. The van der Waals surface area contributed by atoms with Crippen molar-refractivity contribution in [2.45, 2.75) is 84.9 Å². The van der Waals surface area contributed by atoms with Crippen LogP contribution in [0.25, 0.3) is 0 Å². The summed E-state index contributed by atoms with van der Waals surface area (Å²) in [5, 5.41) is 10.7. The Labute approximate surface area is 146 Å². The molecule has 1 aromatic carbocycles. The molecule has 0 saturated heterocycles. The maximum atomic E-state index is 12.5. The third-order valence-corrected chi connectivity index (χ3v) is 5.18.